The van der Waals surface area contributed by atoms with E-state index in [1.165, 1.54) is 17.0 Å². The second kappa shape index (κ2) is 4.70. The van der Waals surface area contributed by atoms with Gasteiger partial charge in [-0.25, -0.2) is 9.78 Å². The fraction of sp³-hybridized carbons (Fsp3) is 0.417. The second-order valence-electron chi connectivity index (χ2n) is 4.59. The highest BCUT2D eigenvalue weighted by molar-refractivity contribution is 6.31. The van der Waals surface area contributed by atoms with E-state index >= 15 is 0 Å². The topological polar surface area (TPSA) is 79.7 Å². The van der Waals surface area contributed by atoms with Crippen LogP contribution in [-0.4, -0.2) is 46.6 Å². The predicted molar refractivity (Wildman–Crippen MR) is 67.5 cm³/mol. The Morgan fingerprint density at radius 2 is 2.05 bits per heavy atom. The summed E-state index contributed by atoms with van der Waals surface area (Å²) in [6.45, 7) is 0. The lowest BCUT2D eigenvalue weighted by atomic mass is 10.3. The molecule has 0 spiro atoms. The molecule has 1 N–H and O–H groups in total. The number of amides is 1. The van der Waals surface area contributed by atoms with Crippen molar-refractivity contribution in [2.45, 2.75) is 18.4 Å². The Kier molecular flexibility index (Phi) is 3.36. The molecule has 102 valence electrons. The Bertz CT molecular complexity index is 541. The van der Waals surface area contributed by atoms with Crippen LogP contribution in [0.4, 0.5) is 0 Å². The number of nitrogens with zero attached hydrogens (tertiary/aromatic N) is 2. The summed E-state index contributed by atoms with van der Waals surface area (Å²) in [6, 6.07) is 2.93. The van der Waals surface area contributed by atoms with Crippen molar-refractivity contribution >= 4 is 23.5 Å². The van der Waals surface area contributed by atoms with Crippen molar-refractivity contribution < 1.29 is 19.4 Å². The Labute approximate surface area is 114 Å². The van der Waals surface area contributed by atoms with Gasteiger partial charge in [0.1, 0.15) is 5.69 Å². The van der Waals surface area contributed by atoms with E-state index < -0.39 is 11.6 Å². The standard InChI is InChI=1S/C12H13ClN2O4/c1-15(2)10(16)7-3-4-8(9(13)14-7)19-12(5-6-12)11(17)18/h3-4H,5-6H2,1-2H3,(H,17,18). The van der Waals surface area contributed by atoms with Gasteiger partial charge in [-0.1, -0.05) is 11.6 Å². The van der Waals surface area contributed by atoms with Crippen molar-refractivity contribution in [2.24, 2.45) is 0 Å². The molecule has 0 saturated heterocycles. The molecule has 1 saturated carbocycles. The molecule has 1 heterocycles. The van der Waals surface area contributed by atoms with E-state index in [0.717, 1.165) is 0 Å². The minimum atomic E-state index is -1.18. The number of carbonyl (C=O) groups is 2. The summed E-state index contributed by atoms with van der Waals surface area (Å²) in [7, 11) is 3.21. The van der Waals surface area contributed by atoms with E-state index in [9.17, 15) is 9.59 Å². The van der Waals surface area contributed by atoms with Crippen molar-refractivity contribution in [1.29, 1.82) is 0 Å². The second-order valence-corrected chi connectivity index (χ2v) is 4.94. The molecule has 0 radical (unpaired) electrons. The van der Waals surface area contributed by atoms with Crippen LogP contribution in [0, 0.1) is 0 Å². The van der Waals surface area contributed by atoms with Crippen LogP contribution >= 0.6 is 11.6 Å². The van der Waals surface area contributed by atoms with Gasteiger partial charge < -0.3 is 14.7 Å². The van der Waals surface area contributed by atoms with Crippen LogP contribution in [0.25, 0.3) is 0 Å². The zero-order valence-electron chi connectivity index (χ0n) is 10.5. The third kappa shape index (κ3) is 2.63. The molecule has 6 nitrogen and oxygen atoms in total. The highest BCUT2D eigenvalue weighted by Gasteiger charge is 2.53. The molecule has 0 unspecified atom stereocenters. The summed E-state index contributed by atoms with van der Waals surface area (Å²) in [5, 5.41) is 9.01. The zero-order chi connectivity index (χ0) is 14.2. The molecule has 1 aliphatic rings. The molecule has 1 amide bonds. The van der Waals surface area contributed by atoms with E-state index in [-0.39, 0.29) is 22.5 Å². The number of halogens is 1. The fourth-order valence-electron chi connectivity index (χ4n) is 1.53. The lowest BCUT2D eigenvalue weighted by Crippen LogP contribution is -2.29. The molecule has 1 aromatic rings. The summed E-state index contributed by atoms with van der Waals surface area (Å²) < 4.78 is 5.38. The van der Waals surface area contributed by atoms with E-state index in [2.05, 4.69) is 4.98 Å². The molecular formula is C12H13ClN2O4. The molecule has 0 aliphatic heterocycles. The Morgan fingerprint density at radius 3 is 2.47 bits per heavy atom. The number of aromatic nitrogens is 1. The number of rotatable bonds is 4. The highest BCUT2D eigenvalue weighted by atomic mass is 35.5. The van der Waals surface area contributed by atoms with E-state index in [1.54, 1.807) is 14.1 Å². The van der Waals surface area contributed by atoms with Gasteiger partial charge in [-0.3, -0.25) is 4.79 Å². The van der Waals surface area contributed by atoms with Crippen molar-refractivity contribution in [3.05, 3.63) is 23.0 Å². The van der Waals surface area contributed by atoms with Gasteiger partial charge in [-0.15, -0.1) is 0 Å². The van der Waals surface area contributed by atoms with Gasteiger partial charge in [0, 0.05) is 26.9 Å². The predicted octanol–water partition coefficient (Wildman–Crippen LogP) is 1.43. The molecular weight excluding hydrogens is 272 g/mol. The van der Waals surface area contributed by atoms with Crippen molar-refractivity contribution in [3.8, 4) is 5.75 Å². The van der Waals surface area contributed by atoms with Gasteiger partial charge in [-0.2, -0.15) is 0 Å². The number of ether oxygens (including phenoxy) is 1. The molecule has 0 atom stereocenters. The molecule has 2 rings (SSSR count). The lowest BCUT2D eigenvalue weighted by molar-refractivity contribution is -0.147. The lowest BCUT2D eigenvalue weighted by Gasteiger charge is -2.15. The smallest absolute Gasteiger partial charge is 0.348 e. The number of pyridine rings is 1. The first-order valence-electron chi connectivity index (χ1n) is 5.66. The maximum Gasteiger partial charge on any atom is 0.348 e. The van der Waals surface area contributed by atoms with Crippen LogP contribution in [0.1, 0.15) is 23.3 Å². The average molecular weight is 285 g/mol. The Morgan fingerprint density at radius 1 is 1.42 bits per heavy atom. The molecule has 1 aliphatic carbocycles. The Balaban J connectivity index is 2.21. The summed E-state index contributed by atoms with van der Waals surface area (Å²) in [5.41, 5.74) is -0.999. The van der Waals surface area contributed by atoms with Crippen LogP contribution in [0.15, 0.2) is 12.1 Å². The van der Waals surface area contributed by atoms with Gasteiger partial charge in [-0.05, 0) is 12.1 Å². The molecule has 1 aromatic heterocycles. The van der Waals surface area contributed by atoms with Crippen molar-refractivity contribution in [1.82, 2.24) is 9.88 Å². The SMILES string of the molecule is CN(C)C(=O)c1ccc(OC2(C(=O)O)CC2)c(Cl)n1. The van der Waals surface area contributed by atoms with Crippen molar-refractivity contribution in [2.75, 3.05) is 14.1 Å². The first-order chi connectivity index (χ1) is 8.85. The van der Waals surface area contributed by atoms with Gasteiger partial charge in [0.05, 0.1) is 0 Å². The fourth-order valence-corrected chi connectivity index (χ4v) is 1.72. The first kappa shape index (κ1) is 13.6. The monoisotopic (exact) mass is 284 g/mol. The summed E-state index contributed by atoms with van der Waals surface area (Å²) in [5.74, 6) is -1.12. The molecule has 1 fully saturated rings. The van der Waals surface area contributed by atoms with Crippen molar-refractivity contribution in [3.63, 3.8) is 0 Å². The normalized spacial score (nSPS) is 15.7. The third-order valence-electron chi connectivity index (χ3n) is 2.84. The van der Waals surface area contributed by atoms with E-state index in [4.69, 9.17) is 21.4 Å². The van der Waals surface area contributed by atoms with Crippen LogP contribution in [0.3, 0.4) is 0 Å². The quantitative estimate of drug-likeness (QED) is 0.846. The van der Waals surface area contributed by atoms with Gasteiger partial charge >= 0.3 is 5.97 Å². The van der Waals surface area contributed by atoms with Crippen LogP contribution in [0.5, 0.6) is 5.75 Å². The van der Waals surface area contributed by atoms with Crippen LogP contribution in [-0.2, 0) is 4.79 Å². The molecule has 7 heteroatoms. The minimum absolute atomic E-state index is 0.0137. The number of hydrogen-bond donors (Lipinski definition) is 1. The first-order valence-corrected chi connectivity index (χ1v) is 6.04. The molecule has 0 aromatic carbocycles. The molecule has 19 heavy (non-hydrogen) atoms. The number of aliphatic carboxylic acids is 1. The highest BCUT2D eigenvalue weighted by Crippen LogP contribution is 2.42. The number of carboxylic acids is 1. The van der Waals surface area contributed by atoms with Crippen LogP contribution in [0.2, 0.25) is 5.15 Å². The largest absolute Gasteiger partial charge is 0.478 e. The maximum absolute atomic E-state index is 11.7. The number of carbonyl (C=O) groups excluding carboxylic acids is 1. The molecule has 0 bridgehead atoms. The number of carboxylic acid groups (broad SMARTS) is 1. The summed E-state index contributed by atoms with van der Waals surface area (Å²) in [6.07, 6.45) is 0.883. The zero-order valence-corrected chi connectivity index (χ0v) is 11.3. The summed E-state index contributed by atoms with van der Waals surface area (Å²) >= 11 is 5.92. The minimum Gasteiger partial charge on any atom is -0.478 e. The number of hydrogen-bond acceptors (Lipinski definition) is 4. The van der Waals surface area contributed by atoms with Gasteiger partial charge in [0.25, 0.3) is 5.91 Å². The van der Waals surface area contributed by atoms with Crippen LogP contribution < -0.4 is 4.74 Å². The maximum atomic E-state index is 11.7. The average Bonchev–Trinajstić information content (AvgIpc) is 3.12. The third-order valence-corrected chi connectivity index (χ3v) is 3.11. The van der Waals surface area contributed by atoms with Gasteiger partial charge in [0.15, 0.2) is 10.9 Å². The Hall–Kier alpha value is -1.82. The van der Waals surface area contributed by atoms with E-state index in [1.807, 2.05) is 0 Å². The van der Waals surface area contributed by atoms with E-state index in [0.29, 0.717) is 12.8 Å². The van der Waals surface area contributed by atoms with Gasteiger partial charge in [0.2, 0.25) is 5.60 Å². The summed E-state index contributed by atoms with van der Waals surface area (Å²) in [4.78, 5) is 28.0.